The molecule has 0 fully saturated rings. The van der Waals surface area contributed by atoms with Gasteiger partial charge < -0.3 is 5.32 Å². The van der Waals surface area contributed by atoms with Crippen molar-refractivity contribution in [3.05, 3.63) is 12.3 Å². The van der Waals surface area contributed by atoms with Crippen LogP contribution < -0.4 is 5.32 Å². The van der Waals surface area contributed by atoms with Gasteiger partial charge in [-0.05, 0) is 25.6 Å². The lowest BCUT2D eigenvalue weighted by Gasteiger charge is -2.43. The molecule has 0 aliphatic heterocycles. The second-order valence-corrected chi connectivity index (χ2v) is 19.4. The van der Waals surface area contributed by atoms with Gasteiger partial charge in [-0.1, -0.05) is 77.3 Å². The molecule has 1 N–H and O–H groups in total. The fourth-order valence-corrected chi connectivity index (χ4v) is 11.7. The molecule has 0 aromatic carbocycles. The molecule has 0 unspecified atom stereocenters. The van der Waals surface area contributed by atoms with E-state index in [-0.39, 0.29) is 0 Å². The van der Waals surface area contributed by atoms with Crippen LogP contribution in [0.1, 0.15) is 48.0 Å². The molecule has 0 spiro atoms. The van der Waals surface area contributed by atoms with E-state index in [9.17, 15) is 0 Å². The van der Waals surface area contributed by atoms with Crippen LogP contribution >= 0.6 is 0 Å². The molecule has 3 heteroatoms. The van der Waals surface area contributed by atoms with Gasteiger partial charge in [0, 0.05) is 0 Å². The molecule has 0 bridgehead atoms. The minimum atomic E-state index is -1.20. The summed E-state index contributed by atoms with van der Waals surface area (Å²) in [5.41, 5.74) is 4.87. The Morgan fingerprint density at radius 2 is 1.33 bits per heavy atom. The highest BCUT2D eigenvalue weighted by Crippen LogP contribution is 2.44. The maximum atomic E-state index is 3.98. The number of rotatable bonds is 11. The van der Waals surface area contributed by atoms with Gasteiger partial charge in [0.2, 0.25) is 0 Å². The molecule has 0 aliphatic carbocycles. The molecule has 0 aromatic heterocycles. The van der Waals surface area contributed by atoms with E-state index in [4.69, 9.17) is 0 Å². The van der Waals surface area contributed by atoms with Gasteiger partial charge in [0.1, 0.15) is 0 Å². The van der Waals surface area contributed by atoms with Crippen LogP contribution in [0.5, 0.6) is 0 Å². The molecular formula is C18H41NSi2. The van der Waals surface area contributed by atoms with Crippen molar-refractivity contribution in [2.45, 2.75) is 89.8 Å². The largest absolute Gasteiger partial charge is 0.317 e. The Kier molecular flexibility index (Phi) is 9.37. The van der Waals surface area contributed by atoms with Gasteiger partial charge >= 0.3 is 0 Å². The number of nitrogens with one attached hydrogen (secondary N) is 1. The quantitative estimate of drug-likeness (QED) is 0.358. The monoisotopic (exact) mass is 327 g/mol. The smallest absolute Gasteiger partial charge is 0.0710 e. The molecular weight excluding hydrogens is 286 g/mol. The molecule has 0 aliphatic rings. The van der Waals surface area contributed by atoms with E-state index < -0.39 is 16.1 Å². The topological polar surface area (TPSA) is 12.0 Å². The minimum absolute atomic E-state index is 0.881. The van der Waals surface area contributed by atoms with Crippen molar-refractivity contribution in [3.63, 3.8) is 0 Å². The second-order valence-electron chi connectivity index (χ2n) is 8.37. The van der Waals surface area contributed by atoms with Gasteiger partial charge in [-0.15, -0.1) is 12.3 Å². The van der Waals surface area contributed by atoms with Crippen molar-refractivity contribution >= 4 is 16.1 Å². The zero-order chi connectivity index (χ0) is 16.7. The van der Waals surface area contributed by atoms with E-state index in [1.165, 1.54) is 31.6 Å². The predicted molar refractivity (Wildman–Crippen MR) is 106 cm³/mol. The third kappa shape index (κ3) is 6.41. The van der Waals surface area contributed by atoms with Gasteiger partial charge in [0.05, 0.1) is 16.1 Å². The summed E-state index contributed by atoms with van der Waals surface area (Å²) in [5, 5.41) is 3.72. The first-order chi connectivity index (χ1) is 9.60. The third-order valence-electron chi connectivity index (χ3n) is 5.69. The van der Waals surface area contributed by atoms with Crippen molar-refractivity contribution in [1.82, 2.24) is 5.32 Å². The van der Waals surface area contributed by atoms with Crippen molar-refractivity contribution in [1.29, 1.82) is 0 Å². The zero-order valence-electron chi connectivity index (χ0n) is 16.1. The Bertz CT molecular complexity index is 274. The summed E-state index contributed by atoms with van der Waals surface area (Å²) in [7, 11) is -2.30. The summed E-state index contributed by atoms with van der Waals surface area (Å²) < 4.78 is 0. The molecule has 0 rings (SSSR count). The molecule has 0 amide bonds. The highest BCUT2D eigenvalue weighted by Gasteiger charge is 2.41. The van der Waals surface area contributed by atoms with Crippen LogP contribution in [-0.2, 0) is 0 Å². The lowest BCUT2D eigenvalue weighted by Crippen LogP contribution is -2.46. The summed E-state index contributed by atoms with van der Waals surface area (Å²) in [6.45, 7) is 26.0. The van der Waals surface area contributed by atoms with E-state index in [0.29, 0.717) is 0 Å². The van der Waals surface area contributed by atoms with E-state index in [1.807, 2.05) is 0 Å². The first kappa shape index (κ1) is 21.1. The predicted octanol–water partition coefficient (Wildman–Crippen LogP) is 6.08. The van der Waals surface area contributed by atoms with Crippen LogP contribution in [0.4, 0.5) is 0 Å². The van der Waals surface area contributed by atoms with Crippen LogP contribution in [0.2, 0.25) is 41.8 Å². The lowest BCUT2D eigenvalue weighted by molar-refractivity contribution is 0.677. The second kappa shape index (κ2) is 9.31. The molecule has 0 radical (unpaired) electrons. The van der Waals surface area contributed by atoms with E-state index in [0.717, 1.165) is 16.6 Å². The van der Waals surface area contributed by atoms with Gasteiger partial charge in [0.15, 0.2) is 0 Å². The standard InChI is InChI=1S/C18H41NSi2/c1-10-20(8,9)14-11-12-19-13-15-21(16(2)3,17(4)5)18(6)7/h10,16-19H,1,11-15H2,2-9H3. The fraction of sp³-hybridized carbons (Fsp3) is 0.889. The molecule has 0 heterocycles. The SMILES string of the molecule is C=C[Si](C)(C)CCCNCC[Si](C(C)C)(C(C)C)C(C)C. The normalized spacial score (nSPS) is 13.5. The number of hydrogen-bond donors (Lipinski definition) is 1. The van der Waals surface area contributed by atoms with Gasteiger partial charge in [-0.25, -0.2) is 0 Å². The molecule has 0 saturated heterocycles. The molecule has 1 nitrogen and oxygen atoms in total. The Morgan fingerprint density at radius 1 is 0.857 bits per heavy atom. The van der Waals surface area contributed by atoms with Crippen molar-refractivity contribution in [2.75, 3.05) is 13.1 Å². The van der Waals surface area contributed by atoms with Crippen molar-refractivity contribution in [2.24, 2.45) is 0 Å². The summed E-state index contributed by atoms with van der Waals surface area (Å²) >= 11 is 0. The minimum Gasteiger partial charge on any atom is -0.317 e. The third-order valence-corrected chi connectivity index (χ3v) is 16.0. The Balaban J connectivity index is 4.26. The first-order valence-electron chi connectivity index (χ1n) is 8.94. The molecule has 126 valence electrons. The summed E-state index contributed by atoms with van der Waals surface area (Å²) in [6, 6.07) is 2.80. The van der Waals surface area contributed by atoms with Crippen LogP contribution in [-0.4, -0.2) is 29.2 Å². The molecule has 0 atom stereocenters. The Hall–Kier alpha value is 0.134. The first-order valence-corrected chi connectivity index (χ1v) is 14.7. The highest BCUT2D eigenvalue weighted by atomic mass is 28.3. The van der Waals surface area contributed by atoms with E-state index in [2.05, 4.69) is 72.2 Å². The molecule has 21 heavy (non-hydrogen) atoms. The van der Waals surface area contributed by atoms with Crippen LogP contribution in [0.15, 0.2) is 12.3 Å². The fourth-order valence-electron chi connectivity index (χ4n) is 4.07. The Morgan fingerprint density at radius 3 is 1.71 bits per heavy atom. The van der Waals surface area contributed by atoms with Gasteiger partial charge in [-0.2, -0.15) is 0 Å². The van der Waals surface area contributed by atoms with E-state index >= 15 is 0 Å². The summed E-state index contributed by atoms with van der Waals surface area (Å²) in [6.07, 6.45) is 1.31. The average Bonchev–Trinajstić information content (AvgIpc) is 2.36. The lowest BCUT2D eigenvalue weighted by atomic mass is 10.5. The highest BCUT2D eigenvalue weighted by molar-refractivity contribution is 6.83. The van der Waals surface area contributed by atoms with Gasteiger partial charge in [0.25, 0.3) is 0 Å². The van der Waals surface area contributed by atoms with E-state index in [1.54, 1.807) is 0 Å². The molecule has 0 aromatic rings. The molecule has 0 saturated carbocycles. The average molecular weight is 328 g/mol. The Labute approximate surface area is 137 Å². The van der Waals surface area contributed by atoms with Gasteiger partial charge in [-0.3, -0.25) is 0 Å². The van der Waals surface area contributed by atoms with Crippen LogP contribution in [0, 0.1) is 0 Å². The number of hydrogen-bond acceptors (Lipinski definition) is 1. The maximum Gasteiger partial charge on any atom is 0.0710 e. The maximum absolute atomic E-state index is 3.98. The van der Waals surface area contributed by atoms with Crippen molar-refractivity contribution in [3.8, 4) is 0 Å². The van der Waals surface area contributed by atoms with Crippen molar-refractivity contribution < 1.29 is 0 Å². The van der Waals surface area contributed by atoms with Crippen LogP contribution in [0.3, 0.4) is 0 Å². The summed E-state index contributed by atoms with van der Waals surface area (Å²) in [4.78, 5) is 0. The van der Waals surface area contributed by atoms with Crippen LogP contribution in [0.25, 0.3) is 0 Å². The zero-order valence-corrected chi connectivity index (χ0v) is 18.1. The summed E-state index contributed by atoms with van der Waals surface area (Å²) in [5.74, 6) is 0.